The molecule has 5 heteroatoms. The van der Waals surface area contributed by atoms with Crippen LogP contribution in [0.5, 0.6) is 0 Å². The largest absolute Gasteiger partial charge is 0.337 e. The summed E-state index contributed by atoms with van der Waals surface area (Å²) in [5.74, 6) is 0.752. The lowest BCUT2D eigenvalue weighted by Gasteiger charge is -2.28. The van der Waals surface area contributed by atoms with Gasteiger partial charge in [0.05, 0.1) is 17.4 Å². The van der Waals surface area contributed by atoms with Crippen molar-refractivity contribution in [3.8, 4) is 0 Å². The lowest BCUT2D eigenvalue weighted by Crippen LogP contribution is -2.41. The highest BCUT2D eigenvalue weighted by atomic mass is 35.5. The lowest BCUT2D eigenvalue weighted by atomic mass is 10.1. The molecule has 2 heterocycles. The van der Waals surface area contributed by atoms with Crippen molar-refractivity contribution in [1.82, 2.24) is 9.97 Å². The summed E-state index contributed by atoms with van der Waals surface area (Å²) in [7, 11) is 0. The van der Waals surface area contributed by atoms with Crippen LogP contribution in [0.2, 0.25) is 5.02 Å². The van der Waals surface area contributed by atoms with E-state index in [0.717, 1.165) is 18.9 Å². The van der Waals surface area contributed by atoms with Gasteiger partial charge in [0.15, 0.2) is 0 Å². The molecule has 1 aromatic rings. The van der Waals surface area contributed by atoms with E-state index in [9.17, 15) is 0 Å². The van der Waals surface area contributed by atoms with E-state index in [2.05, 4.69) is 14.9 Å². The Hall–Kier alpha value is -0.870. The number of hydrogen-bond acceptors (Lipinski definition) is 4. The van der Waals surface area contributed by atoms with E-state index in [1.165, 1.54) is 19.3 Å². The Bertz CT molecular complexity index is 327. The zero-order valence-corrected chi connectivity index (χ0v) is 10.0. The molecule has 1 aliphatic rings. The fourth-order valence-electron chi connectivity index (χ4n) is 2.14. The van der Waals surface area contributed by atoms with Gasteiger partial charge in [-0.1, -0.05) is 24.4 Å². The second kappa shape index (κ2) is 5.46. The molecule has 1 unspecified atom stereocenters. The van der Waals surface area contributed by atoms with Crippen LogP contribution in [0.4, 0.5) is 5.95 Å². The first-order chi connectivity index (χ1) is 7.81. The second-order valence-corrected chi connectivity index (χ2v) is 4.57. The number of nitrogens with zero attached hydrogens (tertiary/aromatic N) is 3. The van der Waals surface area contributed by atoms with Gasteiger partial charge >= 0.3 is 0 Å². The van der Waals surface area contributed by atoms with Gasteiger partial charge in [-0.25, -0.2) is 9.97 Å². The molecule has 0 amide bonds. The van der Waals surface area contributed by atoms with Crippen molar-refractivity contribution in [3.63, 3.8) is 0 Å². The lowest BCUT2D eigenvalue weighted by molar-refractivity contribution is 0.570. The smallest absolute Gasteiger partial charge is 0.225 e. The van der Waals surface area contributed by atoms with Crippen molar-refractivity contribution in [2.75, 3.05) is 18.0 Å². The molecule has 1 fully saturated rings. The highest BCUT2D eigenvalue weighted by molar-refractivity contribution is 6.30. The summed E-state index contributed by atoms with van der Waals surface area (Å²) in [6.45, 7) is 1.65. The summed E-state index contributed by atoms with van der Waals surface area (Å²) in [5.41, 5.74) is 5.81. The van der Waals surface area contributed by atoms with Crippen LogP contribution >= 0.6 is 11.6 Å². The van der Waals surface area contributed by atoms with E-state index in [4.69, 9.17) is 17.3 Å². The molecule has 1 aromatic heterocycles. The number of rotatable bonds is 2. The molecular formula is C11H17ClN4. The van der Waals surface area contributed by atoms with Crippen LogP contribution in [0, 0.1) is 0 Å². The molecule has 88 valence electrons. The summed E-state index contributed by atoms with van der Waals surface area (Å²) >= 11 is 5.78. The van der Waals surface area contributed by atoms with E-state index in [1.54, 1.807) is 12.4 Å². The van der Waals surface area contributed by atoms with Crippen molar-refractivity contribution >= 4 is 17.5 Å². The molecular weight excluding hydrogens is 224 g/mol. The number of anilines is 1. The Morgan fingerprint density at radius 3 is 2.75 bits per heavy atom. The average Bonchev–Trinajstić information content (AvgIpc) is 2.55. The molecule has 4 nitrogen and oxygen atoms in total. The molecule has 0 aliphatic carbocycles. The Labute approximate surface area is 101 Å². The first-order valence-electron chi connectivity index (χ1n) is 5.75. The number of halogens is 1. The molecule has 2 rings (SSSR count). The predicted molar refractivity (Wildman–Crippen MR) is 65.7 cm³/mol. The van der Waals surface area contributed by atoms with E-state index in [-0.39, 0.29) is 0 Å². The zero-order valence-electron chi connectivity index (χ0n) is 9.27. The Kier molecular flexibility index (Phi) is 3.96. The second-order valence-electron chi connectivity index (χ2n) is 4.13. The van der Waals surface area contributed by atoms with Gasteiger partial charge in [-0.2, -0.15) is 0 Å². The third kappa shape index (κ3) is 2.62. The van der Waals surface area contributed by atoms with Gasteiger partial charge in [0, 0.05) is 19.1 Å². The quantitative estimate of drug-likeness (QED) is 0.857. The number of hydrogen-bond donors (Lipinski definition) is 1. The van der Waals surface area contributed by atoms with Crippen LogP contribution in [0.1, 0.15) is 25.7 Å². The zero-order chi connectivity index (χ0) is 11.4. The molecule has 1 saturated heterocycles. The SMILES string of the molecule is NCC1CCCCCN1c1ncc(Cl)cn1. The van der Waals surface area contributed by atoms with Gasteiger partial charge in [-0.3, -0.25) is 0 Å². The molecule has 0 spiro atoms. The minimum Gasteiger partial charge on any atom is -0.337 e. The van der Waals surface area contributed by atoms with Gasteiger partial charge in [-0.15, -0.1) is 0 Å². The maximum Gasteiger partial charge on any atom is 0.225 e. The van der Waals surface area contributed by atoms with Gasteiger partial charge in [0.1, 0.15) is 0 Å². The van der Waals surface area contributed by atoms with Crippen molar-refractivity contribution in [1.29, 1.82) is 0 Å². The van der Waals surface area contributed by atoms with Crippen LogP contribution in [0.25, 0.3) is 0 Å². The minimum atomic E-state index is 0.365. The highest BCUT2D eigenvalue weighted by Crippen LogP contribution is 2.20. The third-order valence-electron chi connectivity index (χ3n) is 3.01. The van der Waals surface area contributed by atoms with Crippen molar-refractivity contribution in [3.05, 3.63) is 17.4 Å². The summed E-state index contributed by atoms with van der Waals surface area (Å²) < 4.78 is 0. The van der Waals surface area contributed by atoms with Crippen molar-refractivity contribution in [2.24, 2.45) is 5.73 Å². The maximum atomic E-state index is 5.81. The van der Waals surface area contributed by atoms with E-state index in [0.29, 0.717) is 17.6 Å². The van der Waals surface area contributed by atoms with Gasteiger partial charge in [-0.05, 0) is 12.8 Å². The number of nitrogens with two attached hydrogens (primary N) is 1. The predicted octanol–water partition coefficient (Wildman–Crippen LogP) is 1.84. The van der Waals surface area contributed by atoms with Gasteiger partial charge in [0.2, 0.25) is 5.95 Å². The molecule has 1 aliphatic heterocycles. The van der Waals surface area contributed by atoms with E-state index in [1.807, 2.05) is 0 Å². The Balaban J connectivity index is 2.18. The van der Waals surface area contributed by atoms with E-state index >= 15 is 0 Å². The summed E-state index contributed by atoms with van der Waals surface area (Å²) in [6.07, 6.45) is 8.10. The average molecular weight is 241 g/mol. The van der Waals surface area contributed by atoms with Crippen LogP contribution in [0.3, 0.4) is 0 Å². The normalized spacial score (nSPS) is 21.9. The standard InChI is InChI=1S/C11H17ClN4/c12-9-7-14-11(15-8-9)16-5-3-1-2-4-10(16)6-13/h7-8,10H,1-6,13H2. The molecule has 0 radical (unpaired) electrons. The fraction of sp³-hybridized carbons (Fsp3) is 0.636. The van der Waals surface area contributed by atoms with Crippen LogP contribution < -0.4 is 10.6 Å². The molecule has 1 atom stereocenters. The van der Waals surface area contributed by atoms with Crippen LogP contribution in [-0.4, -0.2) is 29.1 Å². The maximum absolute atomic E-state index is 5.81. The van der Waals surface area contributed by atoms with Gasteiger partial charge < -0.3 is 10.6 Å². The monoisotopic (exact) mass is 240 g/mol. The minimum absolute atomic E-state index is 0.365. The molecule has 0 aromatic carbocycles. The number of aromatic nitrogens is 2. The summed E-state index contributed by atoms with van der Waals surface area (Å²) in [6, 6.07) is 0.365. The summed E-state index contributed by atoms with van der Waals surface area (Å²) in [4.78, 5) is 10.7. The third-order valence-corrected chi connectivity index (χ3v) is 3.21. The fourth-order valence-corrected chi connectivity index (χ4v) is 2.24. The molecule has 16 heavy (non-hydrogen) atoms. The van der Waals surface area contributed by atoms with Crippen molar-refractivity contribution < 1.29 is 0 Å². The van der Waals surface area contributed by atoms with Gasteiger partial charge in [0.25, 0.3) is 0 Å². The molecule has 2 N–H and O–H groups in total. The topological polar surface area (TPSA) is 55.0 Å². The molecule has 0 saturated carbocycles. The van der Waals surface area contributed by atoms with Crippen LogP contribution in [-0.2, 0) is 0 Å². The first kappa shape index (κ1) is 11.6. The Morgan fingerprint density at radius 2 is 2.06 bits per heavy atom. The molecule has 0 bridgehead atoms. The van der Waals surface area contributed by atoms with E-state index < -0.39 is 0 Å². The summed E-state index contributed by atoms with van der Waals surface area (Å²) in [5, 5.41) is 0.572. The Morgan fingerprint density at radius 1 is 1.31 bits per heavy atom. The van der Waals surface area contributed by atoms with Crippen molar-refractivity contribution in [2.45, 2.75) is 31.7 Å². The first-order valence-corrected chi connectivity index (χ1v) is 6.13. The highest BCUT2D eigenvalue weighted by Gasteiger charge is 2.21. The van der Waals surface area contributed by atoms with Crippen LogP contribution in [0.15, 0.2) is 12.4 Å².